The van der Waals surface area contributed by atoms with Gasteiger partial charge in [-0.15, -0.1) is 5.10 Å². The van der Waals surface area contributed by atoms with Gasteiger partial charge in [-0.25, -0.2) is 10.0 Å². The average Bonchev–Trinajstić information content (AvgIpc) is 3.13. The molecule has 0 saturated heterocycles. The van der Waals surface area contributed by atoms with Crippen molar-refractivity contribution in [3.05, 3.63) is 56.9 Å². The highest BCUT2D eigenvalue weighted by molar-refractivity contribution is 9.10. The Hall–Kier alpha value is -2.06. The molecule has 1 aromatic carbocycles. The van der Waals surface area contributed by atoms with Crippen LogP contribution in [0.2, 0.25) is 0 Å². The number of halogens is 1. The monoisotopic (exact) mass is 474 g/mol. The van der Waals surface area contributed by atoms with Crippen molar-refractivity contribution in [3.8, 4) is 0 Å². The first-order valence-electron chi connectivity index (χ1n) is 9.83. The van der Waals surface area contributed by atoms with E-state index in [0.29, 0.717) is 16.6 Å². The molecular weight excluding hydrogens is 452 g/mol. The molecule has 0 bridgehead atoms. The van der Waals surface area contributed by atoms with Gasteiger partial charge in [-0.3, -0.25) is 10.1 Å². The maximum atomic E-state index is 13.1. The third-order valence-electron chi connectivity index (χ3n) is 4.82. The molecule has 1 amide bonds. The number of benzene rings is 1. The average molecular weight is 475 g/mol. The van der Waals surface area contributed by atoms with Crippen LogP contribution < -0.4 is 15.9 Å². The van der Waals surface area contributed by atoms with Gasteiger partial charge < -0.3 is 4.42 Å². The van der Waals surface area contributed by atoms with E-state index < -0.39 is 6.17 Å². The molecule has 2 aromatic rings. The Bertz CT molecular complexity index is 1080. The largest absolute Gasteiger partial charge is 0.462 e. The lowest BCUT2D eigenvalue weighted by atomic mass is 10.1. The second kappa shape index (κ2) is 8.75. The number of rotatable bonds is 6. The maximum Gasteiger partial charge on any atom is 0.276 e. The summed E-state index contributed by atoms with van der Waals surface area (Å²) in [5.41, 5.74) is 0.491. The third kappa shape index (κ3) is 4.28. The van der Waals surface area contributed by atoms with Gasteiger partial charge in [0.05, 0.1) is 5.36 Å². The Balaban J connectivity index is 1.72. The van der Waals surface area contributed by atoms with Crippen LogP contribution in [-0.4, -0.2) is 21.8 Å². The van der Waals surface area contributed by atoms with E-state index in [2.05, 4.69) is 28.2 Å². The zero-order valence-corrected chi connectivity index (χ0v) is 18.8. The summed E-state index contributed by atoms with van der Waals surface area (Å²) in [4.78, 5) is 17.9. The minimum absolute atomic E-state index is 0.168. The molecule has 0 aliphatic carbocycles. The van der Waals surface area contributed by atoms with Crippen LogP contribution in [0.3, 0.4) is 0 Å². The zero-order valence-electron chi connectivity index (χ0n) is 16.4. The number of carbonyl (C=O) groups excluding carboxylic acids is 1. The van der Waals surface area contributed by atoms with E-state index in [0.717, 1.165) is 33.0 Å². The fraction of sp³-hybridized carbons (Fsp3) is 0.381. The first-order valence-corrected chi connectivity index (χ1v) is 11.6. The number of hydrogen-bond acceptors (Lipinski definition) is 6. The van der Waals surface area contributed by atoms with Crippen molar-refractivity contribution in [1.82, 2.24) is 10.3 Å². The predicted molar refractivity (Wildman–Crippen MR) is 119 cm³/mol. The molecule has 2 aliphatic rings. The first-order chi connectivity index (χ1) is 14.1. The van der Waals surface area contributed by atoms with Crippen LogP contribution in [0.1, 0.15) is 50.3 Å². The summed E-state index contributed by atoms with van der Waals surface area (Å²) in [6.45, 7) is 4.09. The Labute approximate surface area is 182 Å². The molecule has 152 valence electrons. The molecule has 0 saturated carbocycles. The van der Waals surface area contributed by atoms with Crippen LogP contribution in [0, 0.1) is 6.92 Å². The van der Waals surface area contributed by atoms with Crippen LogP contribution >= 0.6 is 27.7 Å². The lowest BCUT2D eigenvalue weighted by Gasteiger charge is -2.32. The molecule has 2 aliphatic heterocycles. The summed E-state index contributed by atoms with van der Waals surface area (Å²) >= 11 is 5.07. The summed E-state index contributed by atoms with van der Waals surface area (Å²) in [5, 5.41) is 11.5. The standard InChI is InChI=1S/C21H23BrN4O2S/c1-3-4-5-6-11-29-21-24-20(27)18-15-12-14(22)8-9-16(15)23-19(26(18)25-21)17-10-7-13(2)28-17/h7-10,12,19H,3-6,11H2,1-2H3,(H,24,25,27)/t19-/m0/s1. The number of amidine groups is 1. The molecule has 0 spiro atoms. The smallest absolute Gasteiger partial charge is 0.276 e. The summed E-state index contributed by atoms with van der Waals surface area (Å²) in [6.07, 6.45) is 4.22. The van der Waals surface area contributed by atoms with Crippen molar-refractivity contribution < 1.29 is 9.21 Å². The summed E-state index contributed by atoms with van der Waals surface area (Å²) in [5.74, 6) is 2.22. The quantitative estimate of drug-likeness (QED) is 0.646. The maximum absolute atomic E-state index is 13.1. The van der Waals surface area contributed by atoms with E-state index in [9.17, 15) is 4.79 Å². The molecular formula is C21H23BrN4O2S. The molecule has 1 atom stereocenters. The van der Waals surface area contributed by atoms with Crippen molar-refractivity contribution in [1.29, 1.82) is 0 Å². The summed E-state index contributed by atoms with van der Waals surface area (Å²) in [6, 6.07) is 9.53. The molecule has 1 N–H and O–H groups in total. The zero-order chi connectivity index (χ0) is 20.4. The highest BCUT2D eigenvalue weighted by Crippen LogP contribution is 2.31. The molecule has 0 fully saturated rings. The Morgan fingerprint density at radius 1 is 1.24 bits per heavy atom. The summed E-state index contributed by atoms with van der Waals surface area (Å²) in [7, 11) is 0. The number of hydrazone groups is 1. The van der Waals surface area contributed by atoms with E-state index in [1.165, 1.54) is 19.3 Å². The molecule has 8 heteroatoms. The van der Waals surface area contributed by atoms with Crippen molar-refractivity contribution in [2.45, 2.75) is 45.7 Å². The van der Waals surface area contributed by atoms with Gasteiger partial charge in [0.15, 0.2) is 10.9 Å². The Morgan fingerprint density at radius 3 is 2.86 bits per heavy atom. The van der Waals surface area contributed by atoms with E-state index in [1.807, 2.05) is 37.3 Å². The number of fused-ring (bicyclic) bond motifs is 2. The van der Waals surface area contributed by atoms with E-state index in [-0.39, 0.29) is 5.91 Å². The van der Waals surface area contributed by atoms with Gasteiger partial charge in [-0.05, 0) is 43.7 Å². The summed E-state index contributed by atoms with van der Waals surface area (Å²) < 4.78 is 6.73. The van der Waals surface area contributed by atoms with Crippen molar-refractivity contribution in [2.24, 2.45) is 10.1 Å². The predicted octanol–water partition coefficient (Wildman–Crippen LogP) is 3.81. The number of hydrogen-bond donors (Lipinski definition) is 1. The first kappa shape index (κ1) is 20.2. The van der Waals surface area contributed by atoms with Crippen LogP contribution in [0.5, 0.6) is 0 Å². The third-order valence-corrected chi connectivity index (χ3v) is 6.27. The van der Waals surface area contributed by atoms with Crippen LogP contribution in [0.25, 0.3) is 5.70 Å². The normalized spacial score (nSPS) is 18.0. The SMILES string of the molecule is CCCCCCSC1=NN2C(=c3cc(Br)ccc3=N[C@@H]2c2ccc(C)o2)C(=O)N1. The number of amides is 1. The van der Waals surface area contributed by atoms with Crippen molar-refractivity contribution in [2.75, 3.05) is 5.75 Å². The minimum atomic E-state index is -0.505. The number of carbonyl (C=O) groups is 1. The lowest BCUT2D eigenvalue weighted by molar-refractivity contribution is -0.116. The number of nitrogens with one attached hydrogen (secondary N) is 1. The number of furan rings is 1. The molecule has 6 nitrogen and oxygen atoms in total. The molecule has 1 aromatic heterocycles. The van der Waals surface area contributed by atoms with E-state index in [4.69, 9.17) is 14.5 Å². The van der Waals surface area contributed by atoms with Gasteiger partial charge in [0.2, 0.25) is 6.17 Å². The van der Waals surface area contributed by atoms with Gasteiger partial charge in [0.1, 0.15) is 11.5 Å². The van der Waals surface area contributed by atoms with Gasteiger partial charge in [-0.1, -0.05) is 53.9 Å². The number of nitrogens with zero attached hydrogens (tertiary/aromatic N) is 3. The van der Waals surface area contributed by atoms with Gasteiger partial charge >= 0.3 is 0 Å². The fourth-order valence-corrected chi connectivity index (χ4v) is 4.61. The molecule has 29 heavy (non-hydrogen) atoms. The number of aryl methyl sites for hydroxylation is 1. The van der Waals surface area contributed by atoms with Crippen molar-refractivity contribution >= 4 is 44.5 Å². The minimum Gasteiger partial charge on any atom is -0.462 e. The van der Waals surface area contributed by atoms with Gasteiger partial charge in [-0.2, -0.15) is 0 Å². The van der Waals surface area contributed by atoms with Gasteiger partial charge in [0.25, 0.3) is 5.91 Å². The van der Waals surface area contributed by atoms with Crippen LogP contribution in [-0.2, 0) is 4.79 Å². The van der Waals surface area contributed by atoms with E-state index in [1.54, 1.807) is 16.8 Å². The molecule has 0 radical (unpaired) electrons. The lowest BCUT2D eigenvalue weighted by Crippen LogP contribution is -2.50. The molecule has 3 heterocycles. The highest BCUT2D eigenvalue weighted by Gasteiger charge is 2.35. The molecule has 0 unspecified atom stereocenters. The number of unbranched alkanes of at least 4 members (excludes halogenated alkanes) is 3. The number of thioether (sulfide) groups is 1. The van der Waals surface area contributed by atoms with E-state index >= 15 is 0 Å². The fourth-order valence-electron chi connectivity index (χ4n) is 3.39. The molecule has 4 rings (SSSR count). The second-order valence-electron chi connectivity index (χ2n) is 7.07. The van der Waals surface area contributed by atoms with Crippen LogP contribution in [0.4, 0.5) is 0 Å². The topological polar surface area (TPSA) is 70.2 Å². The second-order valence-corrected chi connectivity index (χ2v) is 9.07. The Morgan fingerprint density at radius 2 is 2.10 bits per heavy atom. The Kier molecular flexibility index (Phi) is 6.10. The highest BCUT2D eigenvalue weighted by atomic mass is 79.9. The van der Waals surface area contributed by atoms with Gasteiger partial charge in [0, 0.05) is 15.4 Å². The van der Waals surface area contributed by atoms with Crippen LogP contribution in [0.15, 0.2) is 49.3 Å². The van der Waals surface area contributed by atoms with Crippen molar-refractivity contribution in [3.63, 3.8) is 0 Å².